The molecule has 0 unspecified atom stereocenters. The van der Waals surface area contributed by atoms with Crippen LogP contribution < -0.4 is 5.73 Å². The summed E-state index contributed by atoms with van der Waals surface area (Å²) in [5.41, 5.74) is 6.51. The zero-order valence-electron chi connectivity index (χ0n) is 10.2. The van der Waals surface area contributed by atoms with Gasteiger partial charge in [0.1, 0.15) is 5.52 Å². The van der Waals surface area contributed by atoms with Crippen molar-refractivity contribution in [3.63, 3.8) is 0 Å². The zero-order chi connectivity index (χ0) is 14.3. The fourth-order valence-corrected chi connectivity index (χ4v) is 2.09. The summed E-state index contributed by atoms with van der Waals surface area (Å²) in [4.78, 5) is 4.05. The van der Waals surface area contributed by atoms with Gasteiger partial charge in [-0.3, -0.25) is 0 Å². The Morgan fingerprint density at radius 1 is 0.900 bits per heavy atom. The predicted octanol–water partition coefficient (Wildman–Crippen LogP) is 3.90. The van der Waals surface area contributed by atoms with Gasteiger partial charge in [0.2, 0.25) is 0 Å². The number of hydrogen-bond acceptors (Lipinski definition) is 2. The van der Waals surface area contributed by atoms with Crippen molar-refractivity contribution in [3.8, 4) is 11.3 Å². The van der Waals surface area contributed by atoms with E-state index in [1.54, 1.807) is 24.3 Å². The van der Waals surface area contributed by atoms with Crippen LogP contribution in [0.1, 0.15) is 0 Å². The van der Waals surface area contributed by atoms with Crippen molar-refractivity contribution in [2.24, 2.45) is 0 Å². The van der Waals surface area contributed by atoms with Crippen molar-refractivity contribution < 1.29 is 13.2 Å². The van der Waals surface area contributed by atoms with Crippen LogP contribution in [0.2, 0.25) is 0 Å². The Labute approximate surface area is 112 Å². The molecular formula is C15H9F3N2. The molecule has 1 aromatic heterocycles. The van der Waals surface area contributed by atoms with E-state index in [0.29, 0.717) is 17.3 Å². The van der Waals surface area contributed by atoms with Crippen LogP contribution in [-0.4, -0.2) is 4.98 Å². The van der Waals surface area contributed by atoms with Gasteiger partial charge in [-0.2, -0.15) is 0 Å². The molecule has 100 valence electrons. The lowest BCUT2D eigenvalue weighted by atomic mass is 10.1. The summed E-state index contributed by atoms with van der Waals surface area (Å²) < 4.78 is 40.7. The summed E-state index contributed by atoms with van der Waals surface area (Å²) in [7, 11) is 0. The van der Waals surface area contributed by atoms with Gasteiger partial charge in [-0.05, 0) is 6.07 Å². The van der Waals surface area contributed by atoms with Crippen LogP contribution in [0.3, 0.4) is 0 Å². The van der Waals surface area contributed by atoms with E-state index in [1.165, 1.54) is 6.07 Å². The van der Waals surface area contributed by atoms with Gasteiger partial charge >= 0.3 is 0 Å². The van der Waals surface area contributed by atoms with Crippen molar-refractivity contribution >= 4 is 16.6 Å². The Hall–Kier alpha value is -2.56. The minimum absolute atomic E-state index is 0.0512. The minimum Gasteiger partial charge on any atom is -0.398 e. The fraction of sp³-hybridized carbons (Fsp3) is 0. The first-order valence-corrected chi connectivity index (χ1v) is 5.87. The molecule has 0 atom stereocenters. The van der Waals surface area contributed by atoms with Gasteiger partial charge in [0.05, 0.1) is 11.1 Å². The Morgan fingerprint density at radius 2 is 1.60 bits per heavy atom. The minimum atomic E-state index is -1.28. The smallest absolute Gasteiger partial charge is 0.170 e. The molecule has 0 aliphatic rings. The van der Waals surface area contributed by atoms with Crippen LogP contribution in [-0.2, 0) is 0 Å². The van der Waals surface area contributed by atoms with Crippen LogP contribution in [0.25, 0.3) is 22.2 Å². The van der Waals surface area contributed by atoms with E-state index in [9.17, 15) is 13.2 Å². The van der Waals surface area contributed by atoms with E-state index < -0.39 is 17.5 Å². The molecule has 20 heavy (non-hydrogen) atoms. The number of benzene rings is 2. The molecule has 0 radical (unpaired) electrons. The number of aromatic nitrogens is 1. The lowest BCUT2D eigenvalue weighted by Crippen LogP contribution is -1.99. The molecule has 0 amide bonds. The summed E-state index contributed by atoms with van der Waals surface area (Å²) in [5, 5.41) is -0.331. The molecule has 3 rings (SSSR count). The fourth-order valence-electron chi connectivity index (χ4n) is 2.09. The summed E-state index contributed by atoms with van der Waals surface area (Å²) in [5.74, 6) is -3.41. The molecule has 5 heteroatoms. The molecule has 2 nitrogen and oxygen atoms in total. The molecule has 0 saturated heterocycles. The average Bonchev–Trinajstić information content (AvgIpc) is 2.45. The van der Waals surface area contributed by atoms with E-state index in [2.05, 4.69) is 4.98 Å². The van der Waals surface area contributed by atoms with Gasteiger partial charge in [-0.1, -0.05) is 30.3 Å². The largest absolute Gasteiger partial charge is 0.398 e. The Bertz CT molecular complexity index is 801. The van der Waals surface area contributed by atoms with Crippen molar-refractivity contribution in [1.29, 1.82) is 0 Å². The number of nitrogens with two attached hydrogens (primary N) is 1. The maximum atomic E-state index is 13.8. The number of hydrogen-bond donors (Lipinski definition) is 1. The van der Waals surface area contributed by atoms with E-state index >= 15 is 0 Å². The van der Waals surface area contributed by atoms with Crippen LogP contribution in [0.4, 0.5) is 18.9 Å². The lowest BCUT2D eigenvalue weighted by molar-refractivity contribution is 0.505. The van der Waals surface area contributed by atoms with E-state index in [4.69, 9.17) is 5.73 Å². The van der Waals surface area contributed by atoms with Crippen molar-refractivity contribution in [1.82, 2.24) is 4.98 Å². The summed E-state index contributed by atoms with van der Waals surface area (Å²) in [6.07, 6.45) is 0. The quantitative estimate of drug-likeness (QED) is 0.683. The molecule has 0 bridgehead atoms. The zero-order valence-corrected chi connectivity index (χ0v) is 10.2. The summed E-state index contributed by atoms with van der Waals surface area (Å²) >= 11 is 0. The highest BCUT2D eigenvalue weighted by Gasteiger charge is 2.17. The maximum absolute atomic E-state index is 13.8. The first-order chi connectivity index (χ1) is 9.58. The summed E-state index contributed by atoms with van der Waals surface area (Å²) in [6, 6.07) is 10.8. The first-order valence-electron chi connectivity index (χ1n) is 5.87. The highest BCUT2D eigenvalue weighted by atomic mass is 19.2. The SMILES string of the molecule is Nc1cc(-c2ccccc2)nc2c(F)cc(F)c(F)c12. The molecule has 3 aromatic rings. The highest BCUT2D eigenvalue weighted by Crippen LogP contribution is 2.30. The first kappa shape index (κ1) is 12.5. The van der Waals surface area contributed by atoms with Crippen LogP contribution in [0.5, 0.6) is 0 Å². The second-order valence-corrected chi connectivity index (χ2v) is 4.34. The Balaban J connectivity index is 2.36. The van der Waals surface area contributed by atoms with Gasteiger partial charge < -0.3 is 5.73 Å². The maximum Gasteiger partial charge on any atom is 0.170 e. The van der Waals surface area contributed by atoms with Gasteiger partial charge in [-0.15, -0.1) is 0 Å². The van der Waals surface area contributed by atoms with Gasteiger partial charge in [0.25, 0.3) is 0 Å². The lowest BCUT2D eigenvalue weighted by Gasteiger charge is -2.08. The van der Waals surface area contributed by atoms with E-state index in [0.717, 1.165) is 0 Å². The van der Waals surface area contributed by atoms with Crippen molar-refractivity contribution in [3.05, 3.63) is 59.9 Å². The third kappa shape index (κ3) is 1.87. The number of nitrogens with zero attached hydrogens (tertiary/aromatic N) is 1. The number of rotatable bonds is 1. The van der Waals surface area contributed by atoms with E-state index in [1.807, 2.05) is 6.07 Å². The third-order valence-corrected chi connectivity index (χ3v) is 3.03. The average molecular weight is 274 g/mol. The second kappa shape index (κ2) is 4.52. The molecule has 0 fully saturated rings. The van der Waals surface area contributed by atoms with E-state index in [-0.39, 0.29) is 16.6 Å². The number of anilines is 1. The monoisotopic (exact) mass is 274 g/mol. The van der Waals surface area contributed by atoms with Crippen LogP contribution in [0, 0.1) is 17.5 Å². The standard InChI is InChI=1S/C15H9F3N2/c16-9-6-10(17)15-13(14(9)18)11(19)7-12(20-15)8-4-2-1-3-5-8/h1-7H,(H2,19,20). The molecule has 0 saturated carbocycles. The normalized spacial score (nSPS) is 10.9. The summed E-state index contributed by atoms with van der Waals surface area (Å²) in [6.45, 7) is 0. The van der Waals surface area contributed by atoms with Gasteiger partial charge in [-0.25, -0.2) is 18.2 Å². The molecule has 0 aliphatic carbocycles. The van der Waals surface area contributed by atoms with Crippen LogP contribution in [0.15, 0.2) is 42.5 Å². The molecule has 1 heterocycles. The Kier molecular flexibility index (Phi) is 2.82. The predicted molar refractivity (Wildman–Crippen MR) is 71.5 cm³/mol. The topological polar surface area (TPSA) is 38.9 Å². The van der Waals surface area contributed by atoms with Crippen molar-refractivity contribution in [2.75, 3.05) is 5.73 Å². The number of fused-ring (bicyclic) bond motifs is 1. The number of nitrogen functional groups attached to an aromatic ring is 1. The third-order valence-electron chi connectivity index (χ3n) is 3.03. The molecule has 2 aromatic carbocycles. The highest BCUT2D eigenvalue weighted by molar-refractivity contribution is 5.93. The molecule has 2 N–H and O–H groups in total. The number of halogens is 3. The van der Waals surface area contributed by atoms with Gasteiger partial charge in [0.15, 0.2) is 17.5 Å². The van der Waals surface area contributed by atoms with Gasteiger partial charge in [0, 0.05) is 17.3 Å². The molecular weight excluding hydrogens is 265 g/mol. The second-order valence-electron chi connectivity index (χ2n) is 4.34. The Morgan fingerprint density at radius 3 is 2.30 bits per heavy atom. The molecule has 0 spiro atoms. The van der Waals surface area contributed by atoms with Crippen molar-refractivity contribution in [2.45, 2.75) is 0 Å². The number of pyridine rings is 1. The van der Waals surface area contributed by atoms with Crippen LogP contribution >= 0.6 is 0 Å². The molecule has 0 aliphatic heterocycles.